The molecule has 150 valence electrons. The Balaban J connectivity index is 1.78. The van der Waals surface area contributed by atoms with Gasteiger partial charge in [0.1, 0.15) is 0 Å². The number of carbonyl (C=O) groups is 1. The zero-order valence-electron chi connectivity index (χ0n) is 17.4. The summed E-state index contributed by atoms with van der Waals surface area (Å²) in [6.07, 6.45) is 0. The highest BCUT2D eigenvalue weighted by molar-refractivity contribution is 6.06. The molecule has 0 bridgehead atoms. The van der Waals surface area contributed by atoms with Gasteiger partial charge in [0.25, 0.3) is 11.5 Å². The minimum Gasteiger partial charge on any atom is -0.322 e. The third kappa shape index (κ3) is 4.03. The van der Waals surface area contributed by atoms with Gasteiger partial charge >= 0.3 is 0 Å². The number of hydrogen-bond donors (Lipinski definition) is 1. The summed E-state index contributed by atoms with van der Waals surface area (Å²) >= 11 is 0. The molecule has 0 fully saturated rings. The Bertz CT molecular complexity index is 1290. The van der Waals surface area contributed by atoms with Crippen molar-refractivity contribution >= 4 is 22.5 Å². The topological polar surface area (TPSA) is 53.2 Å². The third-order valence-corrected chi connectivity index (χ3v) is 5.26. The number of hydrogen-bond acceptors (Lipinski definition) is 2. The van der Waals surface area contributed by atoms with Crippen molar-refractivity contribution in [2.24, 2.45) is 0 Å². The van der Waals surface area contributed by atoms with Crippen LogP contribution < -0.4 is 10.5 Å². The van der Waals surface area contributed by atoms with Crippen LogP contribution in [0.15, 0.2) is 77.6 Å². The molecular weight excluding hydrogens is 372 g/mol. The second-order valence-electron chi connectivity index (χ2n) is 7.81. The number of aromatic amines is 1. The van der Waals surface area contributed by atoms with Crippen LogP contribution in [0.5, 0.6) is 0 Å². The number of aromatic nitrogens is 1. The van der Waals surface area contributed by atoms with E-state index in [1.54, 1.807) is 4.90 Å². The normalized spacial score (nSPS) is 10.9. The van der Waals surface area contributed by atoms with E-state index in [9.17, 15) is 9.59 Å². The van der Waals surface area contributed by atoms with Crippen LogP contribution in [0, 0.1) is 20.8 Å². The average Bonchev–Trinajstić information content (AvgIpc) is 2.72. The van der Waals surface area contributed by atoms with Crippen molar-refractivity contribution in [3.63, 3.8) is 0 Å². The summed E-state index contributed by atoms with van der Waals surface area (Å²) in [6.45, 7) is 6.15. The molecule has 4 aromatic rings. The van der Waals surface area contributed by atoms with Crippen LogP contribution in [0.2, 0.25) is 0 Å². The first-order chi connectivity index (χ1) is 14.4. The quantitative estimate of drug-likeness (QED) is 0.509. The molecule has 4 heteroatoms. The maximum Gasteiger partial charge on any atom is 0.258 e. The van der Waals surface area contributed by atoms with Crippen LogP contribution in [-0.4, -0.2) is 10.9 Å². The lowest BCUT2D eigenvalue weighted by Crippen LogP contribution is -2.33. The molecule has 0 aliphatic rings. The van der Waals surface area contributed by atoms with Gasteiger partial charge in [-0.3, -0.25) is 9.59 Å². The van der Waals surface area contributed by atoms with Crippen molar-refractivity contribution < 1.29 is 4.79 Å². The zero-order chi connectivity index (χ0) is 21.3. The van der Waals surface area contributed by atoms with Gasteiger partial charge in [-0.1, -0.05) is 47.5 Å². The summed E-state index contributed by atoms with van der Waals surface area (Å²) in [7, 11) is 0. The Hall–Kier alpha value is -3.66. The van der Waals surface area contributed by atoms with E-state index >= 15 is 0 Å². The van der Waals surface area contributed by atoms with Gasteiger partial charge in [0.05, 0.1) is 6.54 Å². The zero-order valence-corrected chi connectivity index (χ0v) is 17.4. The Morgan fingerprint density at radius 2 is 1.53 bits per heavy atom. The Kier molecular flexibility index (Phi) is 5.23. The first-order valence-electron chi connectivity index (χ1n) is 9.98. The molecule has 0 aliphatic heterocycles. The maximum absolute atomic E-state index is 13.4. The van der Waals surface area contributed by atoms with Gasteiger partial charge in [-0.25, -0.2) is 0 Å². The van der Waals surface area contributed by atoms with Gasteiger partial charge in [0, 0.05) is 22.3 Å². The number of aryl methyl sites for hydroxylation is 3. The number of amides is 1. The highest BCUT2D eigenvalue weighted by Crippen LogP contribution is 2.22. The minimum atomic E-state index is -0.178. The molecule has 4 rings (SSSR count). The van der Waals surface area contributed by atoms with E-state index in [-0.39, 0.29) is 18.0 Å². The highest BCUT2D eigenvalue weighted by Gasteiger charge is 2.20. The molecule has 0 atom stereocenters. The number of rotatable bonds is 4. The van der Waals surface area contributed by atoms with E-state index in [1.165, 1.54) is 0 Å². The Morgan fingerprint density at radius 3 is 2.27 bits per heavy atom. The van der Waals surface area contributed by atoms with E-state index in [0.717, 1.165) is 33.3 Å². The molecule has 0 spiro atoms. The second kappa shape index (κ2) is 7.99. The van der Waals surface area contributed by atoms with E-state index in [4.69, 9.17) is 0 Å². The molecule has 30 heavy (non-hydrogen) atoms. The van der Waals surface area contributed by atoms with Crippen molar-refractivity contribution in [1.82, 2.24) is 4.98 Å². The van der Waals surface area contributed by atoms with Crippen molar-refractivity contribution in [3.8, 4) is 0 Å². The van der Waals surface area contributed by atoms with Crippen molar-refractivity contribution in [2.45, 2.75) is 27.3 Å². The standard InChI is InChI=1S/C26H24N2O2/c1-17-8-11-23(12-9-17)28(26(30)21-6-4-5-18(2)13-21)16-22-15-20-10-7-19(3)14-24(20)27-25(22)29/h4-15H,16H2,1-3H3,(H,27,29). The Labute approximate surface area is 175 Å². The number of nitrogens with one attached hydrogen (secondary N) is 1. The summed E-state index contributed by atoms with van der Waals surface area (Å²) in [5, 5.41) is 0.946. The van der Waals surface area contributed by atoms with E-state index in [2.05, 4.69) is 4.98 Å². The summed E-state index contributed by atoms with van der Waals surface area (Å²) in [5.74, 6) is -0.133. The van der Waals surface area contributed by atoms with Crippen LogP contribution >= 0.6 is 0 Å². The summed E-state index contributed by atoms with van der Waals surface area (Å²) in [5.41, 5.74) is 5.75. The number of H-pyrrole nitrogens is 1. The van der Waals surface area contributed by atoms with Gasteiger partial charge < -0.3 is 9.88 Å². The fourth-order valence-electron chi connectivity index (χ4n) is 3.59. The predicted molar refractivity (Wildman–Crippen MR) is 122 cm³/mol. The lowest BCUT2D eigenvalue weighted by molar-refractivity contribution is 0.0985. The number of benzene rings is 3. The molecule has 0 radical (unpaired) electrons. The average molecular weight is 396 g/mol. The maximum atomic E-state index is 13.4. The fourth-order valence-corrected chi connectivity index (χ4v) is 3.59. The fraction of sp³-hybridized carbons (Fsp3) is 0.154. The number of fused-ring (bicyclic) bond motifs is 1. The summed E-state index contributed by atoms with van der Waals surface area (Å²) in [4.78, 5) is 30.8. The van der Waals surface area contributed by atoms with Gasteiger partial charge in [-0.2, -0.15) is 0 Å². The van der Waals surface area contributed by atoms with E-state index in [0.29, 0.717) is 11.1 Å². The summed E-state index contributed by atoms with van der Waals surface area (Å²) in [6, 6.07) is 23.1. The molecule has 0 saturated carbocycles. The van der Waals surface area contributed by atoms with E-state index in [1.807, 2.05) is 93.6 Å². The van der Waals surface area contributed by atoms with Crippen molar-refractivity contribution in [3.05, 3.63) is 111 Å². The first-order valence-corrected chi connectivity index (χ1v) is 9.98. The molecule has 1 N–H and O–H groups in total. The SMILES string of the molecule is Cc1ccc(N(Cc2cc3ccc(C)cc3[nH]c2=O)C(=O)c2cccc(C)c2)cc1. The molecule has 1 aromatic heterocycles. The largest absolute Gasteiger partial charge is 0.322 e. The van der Waals surface area contributed by atoms with Crippen LogP contribution in [-0.2, 0) is 6.54 Å². The van der Waals surface area contributed by atoms with Crippen molar-refractivity contribution in [2.75, 3.05) is 4.90 Å². The lowest BCUT2D eigenvalue weighted by atomic mass is 10.1. The predicted octanol–water partition coefficient (Wildman–Crippen LogP) is 5.30. The highest BCUT2D eigenvalue weighted by atomic mass is 16.2. The number of anilines is 1. The molecule has 4 nitrogen and oxygen atoms in total. The number of pyridine rings is 1. The molecule has 3 aromatic carbocycles. The number of nitrogens with zero attached hydrogens (tertiary/aromatic N) is 1. The second-order valence-corrected chi connectivity index (χ2v) is 7.81. The molecule has 0 saturated heterocycles. The summed E-state index contributed by atoms with van der Waals surface area (Å²) < 4.78 is 0. The molecule has 1 heterocycles. The monoisotopic (exact) mass is 396 g/mol. The van der Waals surface area contributed by atoms with Gasteiger partial charge in [-0.05, 0) is 68.1 Å². The van der Waals surface area contributed by atoms with Crippen LogP contribution in [0.1, 0.15) is 32.6 Å². The van der Waals surface area contributed by atoms with Crippen LogP contribution in [0.4, 0.5) is 5.69 Å². The molecule has 0 unspecified atom stereocenters. The van der Waals surface area contributed by atoms with Gasteiger partial charge in [-0.15, -0.1) is 0 Å². The smallest absolute Gasteiger partial charge is 0.258 e. The lowest BCUT2D eigenvalue weighted by Gasteiger charge is -2.23. The van der Waals surface area contributed by atoms with Crippen molar-refractivity contribution in [1.29, 1.82) is 0 Å². The van der Waals surface area contributed by atoms with Gasteiger partial charge in [0.2, 0.25) is 0 Å². The van der Waals surface area contributed by atoms with Gasteiger partial charge in [0.15, 0.2) is 0 Å². The first kappa shape index (κ1) is 19.6. The third-order valence-electron chi connectivity index (χ3n) is 5.26. The van der Waals surface area contributed by atoms with Crippen LogP contribution in [0.25, 0.3) is 10.9 Å². The minimum absolute atomic E-state index is 0.133. The number of carbonyl (C=O) groups excluding carboxylic acids is 1. The molecular formula is C26H24N2O2. The Morgan fingerprint density at radius 1 is 0.833 bits per heavy atom. The van der Waals surface area contributed by atoms with Crippen LogP contribution in [0.3, 0.4) is 0 Å². The molecule has 1 amide bonds. The van der Waals surface area contributed by atoms with E-state index < -0.39 is 0 Å². The molecule has 0 aliphatic carbocycles.